The number of anilines is 1. The molecule has 0 aliphatic heterocycles. The standard InChI is InChI=1S/C17H12Cl2N2O/c18-14-5-3-13(16(19)11-14)4-8-17(22)21-15-6-1-12(2-7-15)9-10-20/h1-8,11H,9H2,(H,21,22)/b8-4+. The second-order valence-electron chi connectivity index (χ2n) is 4.52. The maximum Gasteiger partial charge on any atom is 0.248 e. The molecule has 0 aromatic heterocycles. The van der Waals surface area contributed by atoms with E-state index in [1.54, 1.807) is 48.5 Å². The van der Waals surface area contributed by atoms with Gasteiger partial charge in [0.2, 0.25) is 5.91 Å². The highest BCUT2D eigenvalue weighted by Crippen LogP contribution is 2.22. The Morgan fingerprint density at radius 3 is 2.55 bits per heavy atom. The Kier molecular flexibility index (Phi) is 5.60. The van der Waals surface area contributed by atoms with Gasteiger partial charge in [-0.25, -0.2) is 0 Å². The van der Waals surface area contributed by atoms with Crippen LogP contribution in [-0.2, 0) is 11.2 Å². The minimum absolute atomic E-state index is 0.265. The van der Waals surface area contributed by atoms with Crippen LogP contribution >= 0.6 is 23.2 Å². The van der Waals surface area contributed by atoms with Crippen molar-refractivity contribution in [3.8, 4) is 6.07 Å². The van der Waals surface area contributed by atoms with E-state index in [1.807, 2.05) is 0 Å². The van der Waals surface area contributed by atoms with Crippen molar-refractivity contribution >= 4 is 40.9 Å². The monoisotopic (exact) mass is 330 g/mol. The molecule has 0 saturated carbocycles. The van der Waals surface area contributed by atoms with E-state index in [1.165, 1.54) is 6.08 Å². The van der Waals surface area contributed by atoms with Crippen LogP contribution in [0.25, 0.3) is 6.08 Å². The zero-order chi connectivity index (χ0) is 15.9. The summed E-state index contributed by atoms with van der Waals surface area (Å²) in [5, 5.41) is 12.4. The van der Waals surface area contributed by atoms with Crippen molar-refractivity contribution in [1.29, 1.82) is 5.26 Å². The molecular weight excluding hydrogens is 319 g/mol. The molecule has 0 saturated heterocycles. The molecule has 2 aromatic carbocycles. The minimum Gasteiger partial charge on any atom is -0.323 e. The molecule has 0 aliphatic carbocycles. The van der Waals surface area contributed by atoms with Gasteiger partial charge in [-0.05, 0) is 41.5 Å². The third-order valence-electron chi connectivity index (χ3n) is 2.88. The molecule has 22 heavy (non-hydrogen) atoms. The van der Waals surface area contributed by atoms with Crippen molar-refractivity contribution in [3.63, 3.8) is 0 Å². The lowest BCUT2D eigenvalue weighted by Crippen LogP contribution is -2.07. The Bertz CT molecular complexity index is 746. The topological polar surface area (TPSA) is 52.9 Å². The summed E-state index contributed by atoms with van der Waals surface area (Å²) in [5.41, 5.74) is 2.29. The van der Waals surface area contributed by atoms with Crippen molar-refractivity contribution in [1.82, 2.24) is 0 Å². The lowest BCUT2D eigenvalue weighted by molar-refractivity contribution is -0.111. The van der Waals surface area contributed by atoms with E-state index < -0.39 is 0 Å². The van der Waals surface area contributed by atoms with E-state index in [0.29, 0.717) is 27.7 Å². The lowest BCUT2D eigenvalue weighted by atomic mass is 10.1. The Morgan fingerprint density at radius 1 is 1.18 bits per heavy atom. The van der Waals surface area contributed by atoms with Gasteiger partial charge in [0.25, 0.3) is 0 Å². The number of hydrogen-bond acceptors (Lipinski definition) is 2. The Morgan fingerprint density at radius 2 is 1.91 bits per heavy atom. The summed E-state index contributed by atoms with van der Waals surface area (Å²) < 4.78 is 0. The third-order valence-corrected chi connectivity index (χ3v) is 3.44. The van der Waals surface area contributed by atoms with Crippen LogP contribution < -0.4 is 5.32 Å². The molecule has 0 fully saturated rings. The molecule has 1 amide bonds. The Hall–Kier alpha value is -2.28. The number of nitrogens with zero attached hydrogens (tertiary/aromatic N) is 1. The van der Waals surface area contributed by atoms with Crippen LogP contribution in [0.1, 0.15) is 11.1 Å². The maximum atomic E-state index is 11.9. The van der Waals surface area contributed by atoms with Crippen molar-refractivity contribution < 1.29 is 4.79 Å². The van der Waals surface area contributed by atoms with Crippen LogP contribution in [0.15, 0.2) is 48.5 Å². The van der Waals surface area contributed by atoms with Crippen molar-refractivity contribution in [2.75, 3.05) is 5.32 Å². The fraction of sp³-hybridized carbons (Fsp3) is 0.0588. The summed E-state index contributed by atoms with van der Waals surface area (Å²) in [4.78, 5) is 11.9. The summed E-state index contributed by atoms with van der Waals surface area (Å²) in [6.45, 7) is 0. The van der Waals surface area contributed by atoms with Crippen LogP contribution in [0.5, 0.6) is 0 Å². The maximum absolute atomic E-state index is 11.9. The van der Waals surface area contributed by atoms with Crippen molar-refractivity contribution in [3.05, 3.63) is 69.7 Å². The molecule has 0 atom stereocenters. The number of hydrogen-bond donors (Lipinski definition) is 1. The number of carbonyl (C=O) groups excluding carboxylic acids is 1. The fourth-order valence-corrected chi connectivity index (χ4v) is 2.25. The highest BCUT2D eigenvalue weighted by Gasteiger charge is 2.01. The number of rotatable bonds is 4. The number of halogens is 2. The number of benzene rings is 2. The molecule has 0 unspecified atom stereocenters. The third kappa shape index (κ3) is 4.63. The summed E-state index contributed by atoms with van der Waals surface area (Å²) in [7, 11) is 0. The average molecular weight is 331 g/mol. The first-order valence-electron chi connectivity index (χ1n) is 6.48. The highest BCUT2D eigenvalue weighted by molar-refractivity contribution is 6.35. The average Bonchev–Trinajstić information content (AvgIpc) is 2.49. The van der Waals surface area contributed by atoms with E-state index in [2.05, 4.69) is 11.4 Å². The van der Waals surface area contributed by atoms with Gasteiger partial charge in [-0.15, -0.1) is 0 Å². The van der Waals surface area contributed by atoms with E-state index in [4.69, 9.17) is 28.5 Å². The molecule has 0 spiro atoms. The van der Waals surface area contributed by atoms with Crippen molar-refractivity contribution in [2.45, 2.75) is 6.42 Å². The Balaban J connectivity index is 2.00. The predicted molar refractivity (Wildman–Crippen MR) is 89.9 cm³/mol. The summed E-state index contributed by atoms with van der Waals surface area (Å²) >= 11 is 11.8. The minimum atomic E-state index is -0.265. The van der Waals surface area contributed by atoms with Gasteiger partial charge in [0.05, 0.1) is 12.5 Å². The largest absolute Gasteiger partial charge is 0.323 e. The number of nitriles is 1. The molecule has 0 bridgehead atoms. The van der Waals surface area contributed by atoms with E-state index in [0.717, 1.165) is 5.56 Å². The van der Waals surface area contributed by atoms with Gasteiger partial charge in [0.1, 0.15) is 0 Å². The summed E-state index contributed by atoms with van der Waals surface area (Å²) in [6, 6.07) is 14.3. The molecular formula is C17H12Cl2N2O. The molecule has 0 radical (unpaired) electrons. The molecule has 3 nitrogen and oxygen atoms in total. The SMILES string of the molecule is N#CCc1ccc(NC(=O)/C=C/c2ccc(Cl)cc2Cl)cc1. The normalized spacial score (nSPS) is 10.4. The predicted octanol–water partition coefficient (Wildman–Crippen LogP) is 4.71. The second-order valence-corrected chi connectivity index (χ2v) is 5.36. The van der Waals surface area contributed by atoms with Crippen LogP contribution in [0.4, 0.5) is 5.69 Å². The van der Waals surface area contributed by atoms with Crippen molar-refractivity contribution in [2.24, 2.45) is 0 Å². The quantitative estimate of drug-likeness (QED) is 0.825. The lowest BCUT2D eigenvalue weighted by Gasteiger charge is -2.03. The van der Waals surface area contributed by atoms with Gasteiger partial charge in [-0.3, -0.25) is 4.79 Å². The van der Waals surface area contributed by atoms with Gasteiger partial charge in [0.15, 0.2) is 0 Å². The van der Waals surface area contributed by atoms with Gasteiger partial charge in [0, 0.05) is 21.8 Å². The van der Waals surface area contributed by atoms with E-state index in [-0.39, 0.29) is 5.91 Å². The molecule has 0 heterocycles. The van der Waals surface area contributed by atoms with Crippen LogP contribution in [0.3, 0.4) is 0 Å². The molecule has 1 N–H and O–H groups in total. The molecule has 110 valence electrons. The summed E-state index contributed by atoms with van der Waals surface area (Å²) in [6.07, 6.45) is 3.37. The molecule has 5 heteroatoms. The van der Waals surface area contributed by atoms with E-state index >= 15 is 0 Å². The molecule has 2 aromatic rings. The smallest absolute Gasteiger partial charge is 0.248 e. The first-order valence-corrected chi connectivity index (χ1v) is 7.24. The fourth-order valence-electron chi connectivity index (χ4n) is 1.78. The molecule has 2 rings (SSSR count). The number of amides is 1. The first-order chi connectivity index (χ1) is 10.6. The number of nitrogens with one attached hydrogen (secondary N) is 1. The van der Waals surface area contributed by atoms with Gasteiger partial charge >= 0.3 is 0 Å². The zero-order valence-electron chi connectivity index (χ0n) is 11.5. The number of carbonyl (C=O) groups is 1. The van der Waals surface area contributed by atoms with E-state index in [9.17, 15) is 4.79 Å². The Labute approximate surface area is 138 Å². The van der Waals surface area contributed by atoms with Gasteiger partial charge in [-0.1, -0.05) is 41.4 Å². The zero-order valence-corrected chi connectivity index (χ0v) is 13.0. The van der Waals surface area contributed by atoms with Crippen LogP contribution in [0.2, 0.25) is 10.0 Å². The summed E-state index contributed by atoms with van der Waals surface area (Å²) in [5.74, 6) is -0.265. The first kappa shape index (κ1) is 16.1. The van der Waals surface area contributed by atoms with Crippen LogP contribution in [-0.4, -0.2) is 5.91 Å². The van der Waals surface area contributed by atoms with Gasteiger partial charge in [-0.2, -0.15) is 5.26 Å². The molecule has 0 aliphatic rings. The highest BCUT2D eigenvalue weighted by atomic mass is 35.5. The second kappa shape index (κ2) is 7.65. The van der Waals surface area contributed by atoms with Gasteiger partial charge < -0.3 is 5.32 Å². The van der Waals surface area contributed by atoms with Crippen LogP contribution in [0, 0.1) is 11.3 Å².